The van der Waals surface area contributed by atoms with Crippen LogP contribution in [0.1, 0.15) is 42.5 Å². The van der Waals surface area contributed by atoms with Gasteiger partial charge < -0.3 is 14.4 Å². The SMILES string of the molecule is COCCC1CCOC2(CCN(C(=O)c3ccncc3)CC2)C1. The van der Waals surface area contributed by atoms with Gasteiger partial charge in [-0.3, -0.25) is 9.78 Å². The summed E-state index contributed by atoms with van der Waals surface area (Å²) in [6.45, 7) is 3.22. The normalized spacial score (nSPS) is 23.9. The van der Waals surface area contributed by atoms with E-state index in [9.17, 15) is 4.79 Å². The minimum atomic E-state index is -0.0221. The number of hydrogen-bond donors (Lipinski definition) is 0. The number of likely N-dealkylation sites (tertiary alicyclic amines) is 1. The van der Waals surface area contributed by atoms with Crippen molar-refractivity contribution in [3.8, 4) is 0 Å². The standard InChI is InChI=1S/C18H26N2O3/c1-22-12-4-15-5-13-23-18(14-15)6-10-20(11-7-18)17(21)16-2-8-19-9-3-16/h2-3,8-9,15H,4-7,10-14H2,1H3. The van der Waals surface area contributed by atoms with Crippen molar-refractivity contribution in [3.63, 3.8) is 0 Å². The lowest BCUT2D eigenvalue weighted by Gasteiger charge is -2.46. The summed E-state index contributed by atoms with van der Waals surface area (Å²) in [7, 11) is 1.76. The van der Waals surface area contributed by atoms with Crippen LogP contribution in [0.25, 0.3) is 0 Å². The van der Waals surface area contributed by atoms with E-state index in [4.69, 9.17) is 9.47 Å². The fourth-order valence-corrected chi connectivity index (χ4v) is 3.80. The molecule has 3 heterocycles. The lowest BCUT2D eigenvalue weighted by Crippen LogP contribution is -2.50. The Hall–Kier alpha value is -1.46. The summed E-state index contributed by atoms with van der Waals surface area (Å²) in [5, 5.41) is 0. The van der Waals surface area contributed by atoms with E-state index < -0.39 is 0 Å². The van der Waals surface area contributed by atoms with Gasteiger partial charge in [0.05, 0.1) is 5.60 Å². The molecule has 0 bridgehead atoms. The summed E-state index contributed by atoms with van der Waals surface area (Å²) < 4.78 is 11.4. The summed E-state index contributed by atoms with van der Waals surface area (Å²) >= 11 is 0. The maximum Gasteiger partial charge on any atom is 0.253 e. The number of carbonyl (C=O) groups is 1. The van der Waals surface area contributed by atoms with Crippen LogP contribution >= 0.6 is 0 Å². The molecule has 2 aliphatic heterocycles. The van der Waals surface area contributed by atoms with Gasteiger partial charge in [-0.1, -0.05) is 0 Å². The highest BCUT2D eigenvalue weighted by Gasteiger charge is 2.41. The average Bonchev–Trinajstić information content (AvgIpc) is 2.61. The maximum atomic E-state index is 12.5. The largest absolute Gasteiger partial charge is 0.385 e. The molecule has 3 rings (SSSR count). The number of amides is 1. The Balaban J connectivity index is 1.56. The van der Waals surface area contributed by atoms with Gasteiger partial charge in [0.25, 0.3) is 5.91 Å². The second kappa shape index (κ2) is 7.41. The summed E-state index contributed by atoms with van der Waals surface area (Å²) in [5.74, 6) is 0.792. The number of nitrogens with zero attached hydrogens (tertiary/aromatic N) is 2. The Bertz CT molecular complexity index is 512. The first-order valence-electron chi connectivity index (χ1n) is 8.55. The second-order valence-electron chi connectivity index (χ2n) is 6.70. The van der Waals surface area contributed by atoms with Gasteiger partial charge in [0.2, 0.25) is 0 Å². The van der Waals surface area contributed by atoms with Crippen LogP contribution in [0, 0.1) is 5.92 Å². The van der Waals surface area contributed by atoms with Gasteiger partial charge in [-0.25, -0.2) is 0 Å². The molecule has 0 N–H and O–H groups in total. The lowest BCUT2D eigenvalue weighted by atomic mass is 9.78. The zero-order chi connectivity index (χ0) is 16.1. The molecule has 2 aliphatic rings. The molecule has 1 amide bonds. The van der Waals surface area contributed by atoms with Crippen LogP contribution in [-0.4, -0.2) is 54.8 Å². The first-order chi connectivity index (χ1) is 11.2. The second-order valence-corrected chi connectivity index (χ2v) is 6.70. The molecule has 5 nitrogen and oxygen atoms in total. The zero-order valence-electron chi connectivity index (χ0n) is 13.9. The van der Waals surface area contributed by atoms with E-state index in [-0.39, 0.29) is 11.5 Å². The molecule has 1 aromatic heterocycles. The van der Waals surface area contributed by atoms with Crippen molar-refractivity contribution in [2.24, 2.45) is 5.92 Å². The fourth-order valence-electron chi connectivity index (χ4n) is 3.80. The summed E-state index contributed by atoms with van der Waals surface area (Å²) in [6.07, 6.45) is 8.56. The van der Waals surface area contributed by atoms with Gasteiger partial charge in [-0.15, -0.1) is 0 Å². The third kappa shape index (κ3) is 3.90. The van der Waals surface area contributed by atoms with Crippen LogP contribution in [0.2, 0.25) is 0 Å². The number of carbonyl (C=O) groups excluding carboxylic acids is 1. The molecule has 1 unspecified atom stereocenters. The van der Waals surface area contributed by atoms with Gasteiger partial charge in [0.15, 0.2) is 0 Å². The minimum Gasteiger partial charge on any atom is -0.385 e. The molecule has 1 atom stereocenters. The number of methoxy groups -OCH3 is 1. The molecule has 0 saturated carbocycles. The molecule has 23 heavy (non-hydrogen) atoms. The Labute approximate surface area is 138 Å². The van der Waals surface area contributed by atoms with Crippen molar-refractivity contribution in [1.82, 2.24) is 9.88 Å². The van der Waals surface area contributed by atoms with Crippen molar-refractivity contribution < 1.29 is 14.3 Å². The third-order valence-electron chi connectivity index (χ3n) is 5.21. The van der Waals surface area contributed by atoms with Crippen molar-refractivity contribution in [2.45, 2.75) is 37.7 Å². The first kappa shape index (κ1) is 16.4. The number of pyridine rings is 1. The van der Waals surface area contributed by atoms with Crippen molar-refractivity contribution >= 4 is 5.91 Å². The van der Waals surface area contributed by atoms with Gasteiger partial charge in [0.1, 0.15) is 0 Å². The van der Waals surface area contributed by atoms with Crippen LogP contribution in [0.4, 0.5) is 0 Å². The average molecular weight is 318 g/mol. The molecule has 1 spiro atoms. The highest BCUT2D eigenvalue weighted by Crippen LogP contribution is 2.38. The first-order valence-corrected chi connectivity index (χ1v) is 8.55. The molecular formula is C18H26N2O3. The lowest BCUT2D eigenvalue weighted by molar-refractivity contribution is -0.125. The smallest absolute Gasteiger partial charge is 0.253 e. The Morgan fingerprint density at radius 1 is 1.39 bits per heavy atom. The fraction of sp³-hybridized carbons (Fsp3) is 0.667. The number of rotatable bonds is 4. The Morgan fingerprint density at radius 3 is 2.83 bits per heavy atom. The van der Waals surface area contributed by atoms with E-state index in [1.807, 2.05) is 4.90 Å². The van der Waals surface area contributed by atoms with Crippen LogP contribution in [0.5, 0.6) is 0 Å². The molecule has 0 radical (unpaired) electrons. The van der Waals surface area contributed by atoms with Crippen LogP contribution < -0.4 is 0 Å². The molecule has 5 heteroatoms. The van der Waals surface area contributed by atoms with E-state index in [1.165, 1.54) is 0 Å². The van der Waals surface area contributed by atoms with Gasteiger partial charge in [-0.2, -0.15) is 0 Å². The highest BCUT2D eigenvalue weighted by molar-refractivity contribution is 5.94. The van der Waals surface area contributed by atoms with E-state index in [0.717, 1.165) is 64.0 Å². The molecule has 0 aliphatic carbocycles. The monoisotopic (exact) mass is 318 g/mol. The summed E-state index contributed by atoms with van der Waals surface area (Å²) in [5.41, 5.74) is 0.699. The van der Waals surface area contributed by atoms with Gasteiger partial charge >= 0.3 is 0 Å². The van der Waals surface area contributed by atoms with Crippen molar-refractivity contribution in [2.75, 3.05) is 33.4 Å². The molecule has 2 fully saturated rings. The summed E-state index contributed by atoms with van der Waals surface area (Å²) in [6, 6.07) is 3.56. The molecule has 1 aromatic rings. The van der Waals surface area contributed by atoms with Gasteiger partial charge in [-0.05, 0) is 50.2 Å². The quantitative estimate of drug-likeness (QED) is 0.856. The predicted octanol–water partition coefficient (Wildman–Crippen LogP) is 2.52. The van der Waals surface area contributed by atoms with Crippen LogP contribution in [0.3, 0.4) is 0 Å². The van der Waals surface area contributed by atoms with E-state index in [1.54, 1.807) is 31.6 Å². The Kier molecular flexibility index (Phi) is 5.28. The van der Waals surface area contributed by atoms with Crippen LogP contribution in [-0.2, 0) is 9.47 Å². The Morgan fingerprint density at radius 2 is 2.13 bits per heavy atom. The summed E-state index contributed by atoms with van der Waals surface area (Å²) in [4.78, 5) is 18.4. The third-order valence-corrected chi connectivity index (χ3v) is 5.21. The van der Waals surface area contributed by atoms with Crippen molar-refractivity contribution in [1.29, 1.82) is 0 Å². The minimum absolute atomic E-state index is 0.0221. The number of ether oxygens (including phenoxy) is 2. The molecule has 126 valence electrons. The number of hydrogen-bond acceptors (Lipinski definition) is 4. The molecular weight excluding hydrogens is 292 g/mol. The van der Waals surface area contributed by atoms with E-state index in [0.29, 0.717) is 5.92 Å². The van der Waals surface area contributed by atoms with E-state index >= 15 is 0 Å². The topological polar surface area (TPSA) is 51.7 Å². The van der Waals surface area contributed by atoms with Crippen LogP contribution in [0.15, 0.2) is 24.5 Å². The molecule has 2 saturated heterocycles. The molecule has 0 aromatic carbocycles. The number of aromatic nitrogens is 1. The van der Waals surface area contributed by atoms with Gasteiger partial charge in [0, 0.05) is 51.4 Å². The number of piperidine rings is 1. The zero-order valence-corrected chi connectivity index (χ0v) is 13.9. The predicted molar refractivity (Wildman–Crippen MR) is 87.3 cm³/mol. The van der Waals surface area contributed by atoms with Crippen molar-refractivity contribution in [3.05, 3.63) is 30.1 Å². The maximum absolute atomic E-state index is 12.5. The van der Waals surface area contributed by atoms with E-state index in [2.05, 4.69) is 4.98 Å². The highest BCUT2D eigenvalue weighted by atomic mass is 16.5.